The summed E-state index contributed by atoms with van der Waals surface area (Å²) in [5.41, 5.74) is 0.574. The molecule has 3 aromatic heterocycles. The Labute approximate surface area is 162 Å². The number of rotatable bonds is 4. The molecule has 0 aliphatic rings. The van der Waals surface area contributed by atoms with Crippen molar-refractivity contribution in [2.75, 3.05) is 0 Å². The number of aromatic nitrogens is 4. The van der Waals surface area contributed by atoms with E-state index in [9.17, 15) is 18.0 Å². The number of nitriles is 1. The molecular weight excluding hydrogens is 395 g/mol. The fourth-order valence-corrected chi connectivity index (χ4v) is 3.13. The maximum atomic E-state index is 12.8. The zero-order valence-corrected chi connectivity index (χ0v) is 15.7. The van der Waals surface area contributed by atoms with E-state index in [1.165, 1.54) is 10.5 Å². The number of halogens is 4. The lowest BCUT2D eigenvalue weighted by atomic mass is 10.0. The van der Waals surface area contributed by atoms with E-state index in [2.05, 4.69) is 16.2 Å². The van der Waals surface area contributed by atoms with Gasteiger partial charge in [0.25, 0.3) is 5.56 Å². The lowest BCUT2D eigenvalue weighted by Crippen LogP contribution is -2.21. The minimum atomic E-state index is -4.62. The molecule has 0 spiro atoms. The Kier molecular flexibility index (Phi) is 5.17. The summed E-state index contributed by atoms with van der Waals surface area (Å²) in [7, 11) is 0. The van der Waals surface area contributed by atoms with E-state index in [4.69, 9.17) is 16.9 Å². The maximum Gasteiger partial charge on any atom is 0.435 e. The summed E-state index contributed by atoms with van der Waals surface area (Å²) in [5, 5.41) is 12.2. The monoisotopic (exact) mass is 409 g/mol. The molecule has 146 valence electrons. The van der Waals surface area contributed by atoms with Crippen molar-refractivity contribution in [3.05, 3.63) is 62.4 Å². The first kappa shape index (κ1) is 19.9. The van der Waals surface area contributed by atoms with Crippen molar-refractivity contribution in [3.8, 4) is 6.07 Å². The zero-order valence-electron chi connectivity index (χ0n) is 15.0. The highest BCUT2D eigenvalue weighted by molar-refractivity contribution is 6.29. The van der Waals surface area contributed by atoms with E-state index in [0.717, 1.165) is 16.3 Å². The Hall–Kier alpha value is -2.86. The quantitative estimate of drug-likeness (QED) is 0.654. The van der Waals surface area contributed by atoms with Crippen LogP contribution >= 0.6 is 11.6 Å². The average molecular weight is 410 g/mol. The molecule has 3 heterocycles. The predicted molar refractivity (Wildman–Crippen MR) is 96.2 cm³/mol. The summed E-state index contributed by atoms with van der Waals surface area (Å²) in [6, 6.07) is 7.55. The topological polar surface area (TPSA) is 76.0 Å². The molecule has 0 N–H and O–H groups in total. The van der Waals surface area contributed by atoms with Crippen molar-refractivity contribution in [3.63, 3.8) is 0 Å². The van der Waals surface area contributed by atoms with Crippen LogP contribution in [0.5, 0.6) is 0 Å². The molecule has 3 aromatic rings. The van der Waals surface area contributed by atoms with Crippen molar-refractivity contribution in [1.29, 1.82) is 5.26 Å². The lowest BCUT2D eigenvalue weighted by Gasteiger charge is -2.15. The standard InChI is InChI=1S/C18H15ClF3N5O/c1-10-5-13(11(2)3-4-23)27-16(6-10)24-12(7-17(27)28)9-26-15(19)8-14(25-26)18(20,21)22/h5-8,11H,3,9H2,1-2H3/t11-/m1/s1. The molecule has 1 atom stereocenters. The molecular formula is C18H15ClF3N5O. The second-order valence-corrected chi connectivity index (χ2v) is 6.90. The fraction of sp³-hybridized carbons (Fsp3) is 0.333. The molecule has 0 unspecified atom stereocenters. The normalized spacial score (nSPS) is 12.9. The predicted octanol–water partition coefficient (Wildman–Crippen LogP) is 3.94. The Bertz CT molecular complexity index is 1140. The second kappa shape index (κ2) is 7.28. The van der Waals surface area contributed by atoms with Crippen LogP contribution in [0, 0.1) is 18.3 Å². The van der Waals surface area contributed by atoms with Crippen LogP contribution < -0.4 is 5.56 Å². The minimum absolute atomic E-state index is 0.183. The Balaban J connectivity index is 2.07. The Morgan fingerprint density at radius 3 is 2.61 bits per heavy atom. The third-order valence-electron chi connectivity index (χ3n) is 4.22. The molecule has 0 saturated heterocycles. The molecule has 6 nitrogen and oxygen atoms in total. The largest absolute Gasteiger partial charge is 0.435 e. The van der Waals surface area contributed by atoms with Gasteiger partial charge in [-0.2, -0.15) is 23.5 Å². The number of fused-ring (bicyclic) bond motifs is 1. The van der Waals surface area contributed by atoms with Crippen LogP contribution in [0.15, 0.2) is 29.1 Å². The third-order valence-corrected chi connectivity index (χ3v) is 4.53. The SMILES string of the molecule is Cc1cc([C@H](C)CC#N)n2c(=O)cc(Cn3nc(C(F)(F)F)cc3Cl)nc2c1. The zero-order chi connectivity index (χ0) is 20.6. The van der Waals surface area contributed by atoms with E-state index in [0.29, 0.717) is 11.3 Å². The van der Waals surface area contributed by atoms with Gasteiger partial charge in [0.15, 0.2) is 5.69 Å². The number of hydrogen-bond acceptors (Lipinski definition) is 4. The van der Waals surface area contributed by atoms with Crippen LogP contribution in [-0.2, 0) is 12.7 Å². The average Bonchev–Trinajstić information content (AvgIpc) is 2.95. The van der Waals surface area contributed by atoms with E-state index < -0.39 is 11.9 Å². The number of alkyl halides is 3. The smallest absolute Gasteiger partial charge is 0.269 e. The first-order chi connectivity index (χ1) is 13.1. The highest BCUT2D eigenvalue weighted by Gasteiger charge is 2.34. The van der Waals surface area contributed by atoms with Gasteiger partial charge in [-0.1, -0.05) is 18.5 Å². The molecule has 0 aliphatic heterocycles. The molecule has 0 aliphatic carbocycles. The van der Waals surface area contributed by atoms with Crippen LogP contribution in [-0.4, -0.2) is 19.2 Å². The van der Waals surface area contributed by atoms with Crippen molar-refractivity contribution in [1.82, 2.24) is 19.2 Å². The van der Waals surface area contributed by atoms with Crippen molar-refractivity contribution in [2.24, 2.45) is 0 Å². The Morgan fingerprint density at radius 2 is 2.00 bits per heavy atom. The van der Waals surface area contributed by atoms with Crippen LogP contribution in [0.4, 0.5) is 13.2 Å². The second-order valence-electron chi connectivity index (χ2n) is 6.51. The van der Waals surface area contributed by atoms with Crippen LogP contribution in [0.25, 0.3) is 5.65 Å². The molecule has 28 heavy (non-hydrogen) atoms. The summed E-state index contributed by atoms with van der Waals surface area (Å²) in [5.74, 6) is -0.187. The van der Waals surface area contributed by atoms with Gasteiger partial charge in [0.05, 0.1) is 18.3 Å². The number of hydrogen-bond donors (Lipinski definition) is 0. The van der Waals surface area contributed by atoms with Crippen LogP contribution in [0.1, 0.15) is 41.9 Å². The van der Waals surface area contributed by atoms with Gasteiger partial charge in [0, 0.05) is 30.2 Å². The van der Waals surface area contributed by atoms with Gasteiger partial charge >= 0.3 is 6.18 Å². The Morgan fingerprint density at radius 1 is 1.29 bits per heavy atom. The van der Waals surface area contributed by atoms with Crippen LogP contribution in [0.2, 0.25) is 5.15 Å². The first-order valence-corrected chi connectivity index (χ1v) is 8.68. The fourth-order valence-electron chi connectivity index (χ4n) is 2.93. The summed E-state index contributed by atoms with van der Waals surface area (Å²) < 4.78 is 40.7. The summed E-state index contributed by atoms with van der Waals surface area (Å²) in [6.45, 7) is 3.49. The number of aryl methyl sites for hydroxylation is 1. The van der Waals surface area contributed by atoms with E-state index in [1.54, 1.807) is 6.07 Å². The summed E-state index contributed by atoms with van der Waals surface area (Å²) in [4.78, 5) is 17.1. The molecule has 0 aromatic carbocycles. The molecule has 0 bridgehead atoms. The molecule has 0 amide bonds. The van der Waals surface area contributed by atoms with Crippen molar-refractivity contribution < 1.29 is 13.2 Å². The lowest BCUT2D eigenvalue weighted by molar-refractivity contribution is -0.141. The third kappa shape index (κ3) is 3.87. The van der Waals surface area contributed by atoms with Gasteiger partial charge in [0.2, 0.25) is 0 Å². The summed E-state index contributed by atoms with van der Waals surface area (Å²) >= 11 is 5.84. The highest BCUT2D eigenvalue weighted by Crippen LogP contribution is 2.30. The molecule has 10 heteroatoms. The van der Waals surface area contributed by atoms with E-state index >= 15 is 0 Å². The van der Waals surface area contributed by atoms with Gasteiger partial charge < -0.3 is 0 Å². The van der Waals surface area contributed by atoms with E-state index in [-0.39, 0.29) is 35.3 Å². The number of pyridine rings is 1. The van der Waals surface area contributed by atoms with Gasteiger partial charge in [-0.3, -0.25) is 9.20 Å². The van der Waals surface area contributed by atoms with Crippen LogP contribution in [0.3, 0.4) is 0 Å². The van der Waals surface area contributed by atoms with Gasteiger partial charge in [-0.05, 0) is 24.6 Å². The molecule has 3 rings (SSSR count). The summed E-state index contributed by atoms with van der Waals surface area (Å²) in [6.07, 6.45) is -4.38. The van der Waals surface area contributed by atoms with Gasteiger partial charge in [0.1, 0.15) is 10.8 Å². The van der Waals surface area contributed by atoms with Crippen molar-refractivity contribution >= 4 is 17.2 Å². The van der Waals surface area contributed by atoms with Gasteiger partial charge in [-0.25, -0.2) is 9.67 Å². The van der Waals surface area contributed by atoms with Gasteiger partial charge in [-0.15, -0.1) is 0 Å². The highest BCUT2D eigenvalue weighted by atomic mass is 35.5. The van der Waals surface area contributed by atoms with E-state index in [1.807, 2.05) is 19.9 Å². The number of nitrogens with zero attached hydrogens (tertiary/aromatic N) is 5. The minimum Gasteiger partial charge on any atom is -0.269 e. The first-order valence-electron chi connectivity index (χ1n) is 8.31. The molecule has 0 fully saturated rings. The molecule has 0 radical (unpaired) electrons. The maximum absolute atomic E-state index is 12.8. The van der Waals surface area contributed by atoms with Crippen molar-refractivity contribution in [2.45, 2.75) is 38.9 Å². The molecule has 0 saturated carbocycles.